The number of nitrogens with one attached hydrogen (secondary N) is 1. The van der Waals surface area contributed by atoms with Gasteiger partial charge in [-0.3, -0.25) is 4.79 Å². The third-order valence-corrected chi connectivity index (χ3v) is 2.36. The molecule has 0 atom stereocenters. The van der Waals surface area contributed by atoms with Crippen molar-refractivity contribution in [2.75, 3.05) is 19.8 Å². The molecular formula is C13H25NO4. The third-order valence-electron chi connectivity index (χ3n) is 2.36. The highest BCUT2D eigenvalue weighted by Gasteiger charge is 2.02. The number of carbonyl (C=O) groups excluding carboxylic acids is 2. The maximum atomic E-state index is 11.1. The first-order valence-electron chi connectivity index (χ1n) is 6.77. The highest BCUT2D eigenvalue weighted by molar-refractivity contribution is 5.69. The minimum atomic E-state index is -0.353. The van der Waals surface area contributed by atoms with Crippen molar-refractivity contribution in [3.8, 4) is 0 Å². The normalized spacial score (nSPS) is 9.89. The first-order chi connectivity index (χ1) is 8.70. The summed E-state index contributed by atoms with van der Waals surface area (Å²) in [5.41, 5.74) is 0. The van der Waals surface area contributed by atoms with Gasteiger partial charge < -0.3 is 14.8 Å². The Labute approximate surface area is 109 Å². The maximum Gasteiger partial charge on any atom is 0.407 e. The van der Waals surface area contributed by atoms with Gasteiger partial charge in [0.15, 0.2) is 0 Å². The molecule has 0 bridgehead atoms. The molecule has 0 aliphatic carbocycles. The molecule has 1 amide bonds. The summed E-state index contributed by atoms with van der Waals surface area (Å²) in [7, 11) is 0. The predicted octanol–water partition coefficient (Wildman–Crippen LogP) is 2.64. The molecule has 106 valence electrons. The van der Waals surface area contributed by atoms with Gasteiger partial charge in [0.05, 0.1) is 13.2 Å². The molecule has 0 aliphatic heterocycles. The molecule has 0 rings (SSSR count). The number of carbonyl (C=O) groups is 2. The molecular weight excluding hydrogens is 234 g/mol. The van der Waals surface area contributed by atoms with Crippen LogP contribution in [0, 0.1) is 0 Å². The number of hydrogen-bond donors (Lipinski definition) is 1. The topological polar surface area (TPSA) is 64.6 Å². The molecule has 18 heavy (non-hydrogen) atoms. The average Bonchev–Trinajstić information content (AvgIpc) is 2.34. The van der Waals surface area contributed by atoms with Gasteiger partial charge in [-0.2, -0.15) is 0 Å². The number of unbranched alkanes of at least 4 members (excludes halogenated alkanes) is 3. The van der Waals surface area contributed by atoms with Gasteiger partial charge in [-0.15, -0.1) is 0 Å². The van der Waals surface area contributed by atoms with Gasteiger partial charge >= 0.3 is 12.1 Å². The Hall–Kier alpha value is -1.26. The number of amides is 1. The van der Waals surface area contributed by atoms with Crippen LogP contribution in [-0.2, 0) is 14.3 Å². The van der Waals surface area contributed by atoms with Gasteiger partial charge in [0.1, 0.15) is 0 Å². The number of rotatable bonds is 10. The van der Waals surface area contributed by atoms with Gasteiger partial charge in [-0.25, -0.2) is 4.79 Å². The van der Waals surface area contributed by atoms with Crippen molar-refractivity contribution in [2.45, 2.75) is 52.4 Å². The standard InChI is InChI=1S/C13H25NO4/c1-3-5-11-18-13(16)14-10-8-6-7-9-12(15)17-4-2/h3-11H2,1-2H3,(H,14,16). The van der Waals surface area contributed by atoms with E-state index in [2.05, 4.69) is 5.32 Å². The minimum Gasteiger partial charge on any atom is -0.466 e. The fraction of sp³-hybridized carbons (Fsp3) is 0.846. The van der Waals surface area contributed by atoms with Crippen molar-refractivity contribution in [3.63, 3.8) is 0 Å². The van der Waals surface area contributed by atoms with Crippen LogP contribution in [-0.4, -0.2) is 31.8 Å². The molecule has 5 heteroatoms. The Morgan fingerprint density at radius 3 is 2.44 bits per heavy atom. The molecule has 0 aliphatic rings. The zero-order valence-electron chi connectivity index (χ0n) is 11.5. The molecule has 0 aromatic carbocycles. The van der Waals surface area contributed by atoms with Crippen molar-refractivity contribution in [1.82, 2.24) is 5.32 Å². The van der Waals surface area contributed by atoms with E-state index in [9.17, 15) is 9.59 Å². The van der Waals surface area contributed by atoms with Crippen LogP contribution >= 0.6 is 0 Å². The first kappa shape index (κ1) is 16.7. The zero-order chi connectivity index (χ0) is 13.6. The second kappa shape index (κ2) is 12.2. The minimum absolute atomic E-state index is 0.149. The lowest BCUT2D eigenvalue weighted by Crippen LogP contribution is -2.25. The summed E-state index contributed by atoms with van der Waals surface area (Å²) in [6, 6.07) is 0. The van der Waals surface area contributed by atoms with Crippen LogP contribution in [0.1, 0.15) is 52.4 Å². The lowest BCUT2D eigenvalue weighted by molar-refractivity contribution is -0.143. The SMILES string of the molecule is CCCCOC(=O)NCCCCCC(=O)OCC. The summed E-state index contributed by atoms with van der Waals surface area (Å²) >= 11 is 0. The Bertz CT molecular complexity index is 231. The summed E-state index contributed by atoms with van der Waals surface area (Å²) in [6.45, 7) is 5.35. The summed E-state index contributed by atoms with van der Waals surface area (Å²) in [4.78, 5) is 22.2. The molecule has 0 aromatic heterocycles. The molecule has 0 saturated heterocycles. The van der Waals surface area contributed by atoms with Gasteiger partial charge in [-0.1, -0.05) is 19.8 Å². The Kier molecular flexibility index (Phi) is 11.3. The van der Waals surface area contributed by atoms with Gasteiger partial charge in [0, 0.05) is 13.0 Å². The summed E-state index contributed by atoms with van der Waals surface area (Å²) in [5.74, 6) is -0.149. The van der Waals surface area contributed by atoms with Gasteiger partial charge in [0.2, 0.25) is 0 Å². The van der Waals surface area contributed by atoms with E-state index in [0.717, 1.165) is 32.1 Å². The van der Waals surface area contributed by atoms with Crippen molar-refractivity contribution in [3.05, 3.63) is 0 Å². The molecule has 5 nitrogen and oxygen atoms in total. The Balaban J connectivity index is 3.24. The molecule has 1 N–H and O–H groups in total. The largest absolute Gasteiger partial charge is 0.466 e. The van der Waals surface area contributed by atoms with Crippen LogP contribution in [0.15, 0.2) is 0 Å². The monoisotopic (exact) mass is 259 g/mol. The second-order valence-electron chi connectivity index (χ2n) is 4.03. The van der Waals surface area contributed by atoms with E-state index in [1.807, 2.05) is 6.92 Å². The van der Waals surface area contributed by atoms with Gasteiger partial charge in [-0.05, 0) is 26.2 Å². The lowest BCUT2D eigenvalue weighted by atomic mass is 10.2. The van der Waals surface area contributed by atoms with E-state index in [1.54, 1.807) is 6.92 Å². The highest BCUT2D eigenvalue weighted by atomic mass is 16.5. The van der Waals surface area contributed by atoms with Gasteiger partial charge in [0.25, 0.3) is 0 Å². The van der Waals surface area contributed by atoms with E-state index < -0.39 is 0 Å². The molecule has 0 radical (unpaired) electrons. The smallest absolute Gasteiger partial charge is 0.407 e. The molecule has 0 heterocycles. The fourth-order valence-corrected chi connectivity index (χ4v) is 1.35. The summed E-state index contributed by atoms with van der Waals surface area (Å²) in [6.07, 6.45) is 4.55. The zero-order valence-corrected chi connectivity index (χ0v) is 11.5. The highest BCUT2D eigenvalue weighted by Crippen LogP contribution is 2.00. The summed E-state index contributed by atoms with van der Waals surface area (Å²) < 4.78 is 9.75. The van der Waals surface area contributed by atoms with E-state index in [-0.39, 0.29) is 12.1 Å². The van der Waals surface area contributed by atoms with Crippen LogP contribution in [0.3, 0.4) is 0 Å². The van der Waals surface area contributed by atoms with Crippen molar-refractivity contribution in [2.24, 2.45) is 0 Å². The van der Waals surface area contributed by atoms with E-state index in [4.69, 9.17) is 9.47 Å². The van der Waals surface area contributed by atoms with E-state index in [1.165, 1.54) is 0 Å². The van der Waals surface area contributed by atoms with E-state index >= 15 is 0 Å². The predicted molar refractivity (Wildman–Crippen MR) is 69.4 cm³/mol. The summed E-state index contributed by atoms with van der Waals surface area (Å²) in [5, 5.41) is 2.68. The molecule has 0 spiro atoms. The number of hydrogen-bond acceptors (Lipinski definition) is 4. The molecule has 0 saturated carbocycles. The van der Waals surface area contributed by atoms with Crippen molar-refractivity contribution in [1.29, 1.82) is 0 Å². The van der Waals surface area contributed by atoms with Crippen LogP contribution in [0.5, 0.6) is 0 Å². The van der Waals surface area contributed by atoms with Crippen molar-refractivity contribution < 1.29 is 19.1 Å². The average molecular weight is 259 g/mol. The number of esters is 1. The number of alkyl carbamates (subject to hydrolysis) is 1. The van der Waals surface area contributed by atoms with Crippen LogP contribution in [0.25, 0.3) is 0 Å². The second-order valence-corrected chi connectivity index (χ2v) is 4.03. The maximum absolute atomic E-state index is 11.1. The van der Waals surface area contributed by atoms with Crippen LogP contribution < -0.4 is 5.32 Å². The third kappa shape index (κ3) is 11.2. The molecule has 0 aromatic rings. The molecule has 0 unspecified atom stereocenters. The van der Waals surface area contributed by atoms with Crippen molar-refractivity contribution >= 4 is 12.1 Å². The van der Waals surface area contributed by atoms with E-state index in [0.29, 0.717) is 26.2 Å². The number of ether oxygens (including phenoxy) is 2. The Morgan fingerprint density at radius 1 is 1.00 bits per heavy atom. The molecule has 0 fully saturated rings. The Morgan fingerprint density at radius 2 is 1.78 bits per heavy atom. The van der Waals surface area contributed by atoms with Crippen LogP contribution in [0.4, 0.5) is 4.79 Å². The first-order valence-corrected chi connectivity index (χ1v) is 6.77. The fourth-order valence-electron chi connectivity index (χ4n) is 1.35. The quantitative estimate of drug-likeness (QED) is 0.484. The van der Waals surface area contributed by atoms with Crippen LogP contribution in [0.2, 0.25) is 0 Å². The lowest BCUT2D eigenvalue weighted by Gasteiger charge is -2.06.